The second-order valence-corrected chi connectivity index (χ2v) is 9.81. The van der Waals surface area contributed by atoms with Gasteiger partial charge in [0.05, 0.1) is 32.9 Å². The molecule has 0 bridgehead atoms. The van der Waals surface area contributed by atoms with E-state index in [0.29, 0.717) is 11.3 Å². The van der Waals surface area contributed by atoms with Crippen molar-refractivity contribution in [1.29, 1.82) is 0 Å². The minimum Gasteiger partial charge on any atom is -0.494 e. The normalized spacial score (nSPS) is 11.3. The summed E-state index contributed by atoms with van der Waals surface area (Å²) in [6.07, 6.45) is 3.05. The number of carbonyl (C=O) groups is 2. The zero-order valence-electron chi connectivity index (χ0n) is 19.7. The second-order valence-electron chi connectivity index (χ2n) is 7.69. The molecule has 2 amide bonds. The van der Waals surface area contributed by atoms with Gasteiger partial charge >= 0.3 is 0 Å². The minimum absolute atomic E-state index is 0.00626. The topological polar surface area (TPSA) is 83.0 Å². The molecule has 0 aliphatic carbocycles. The number of methoxy groups -OCH3 is 1. The van der Waals surface area contributed by atoms with Crippen molar-refractivity contribution in [1.82, 2.24) is 10.7 Å². The Kier molecular flexibility index (Phi) is 9.69. The third-order valence-corrected chi connectivity index (χ3v) is 6.44. The van der Waals surface area contributed by atoms with Gasteiger partial charge in [-0.1, -0.05) is 35.9 Å². The van der Waals surface area contributed by atoms with E-state index in [4.69, 9.17) is 16.3 Å². The van der Waals surface area contributed by atoms with Crippen molar-refractivity contribution in [2.75, 3.05) is 26.1 Å². The summed E-state index contributed by atoms with van der Waals surface area (Å²) in [6.45, 7) is 0. The first-order valence-corrected chi connectivity index (χ1v) is 12.6. The van der Waals surface area contributed by atoms with E-state index in [1.807, 2.05) is 43.3 Å². The number of hydrazone groups is 1. The number of hydrogen-bond donors (Lipinski definition) is 2. The van der Waals surface area contributed by atoms with Crippen molar-refractivity contribution >= 4 is 73.3 Å². The SMILES string of the molecule is COc1c(Br)cc(/C=N/NC(=O)/C(=C/c2ccc(N(C)C)cc2)NC(=O)c2ccccc2Cl)cc1Br. The average molecular weight is 635 g/mol. The number of benzene rings is 3. The summed E-state index contributed by atoms with van der Waals surface area (Å²) in [5, 5.41) is 6.97. The van der Waals surface area contributed by atoms with Gasteiger partial charge in [-0.15, -0.1) is 0 Å². The first-order chi connectivity index (χ1) is 17.2. The van der Waals surface area contributed by atoms with Crippen molar-refractivity contribution < 1.29 is 14.3 Å². The fraction of sp³-hybridized carbons (Fsp3) is 0.115. The van der Waals surface area contributed by atoms with Crippen LogP contribution in [0.1, 0.15) is 21.5 Å². The number of carbonyl (C=O) groups excluding carboxylic acids is 2. The number of amides is 2. The Balaban J connectivity index is 1.85. The Labute approximate surface area is 231 Å². The van der Waals surface area contributed by atoms with Crippen LogP contribution >= 0.6 is 43.5 Å². The van der Waals surface area contributed by atoms with E-state index in [9.17, 15) is 9.59 Å². The van der Waals surface area contributed by atoms with Crippen LogP contribution in [0, 0.1) is 0 Å². The molecule has 186 valence electrons. The van der Waals surface area contributed by atoms with Crippen LogP contribution < -0.4 is 20.4 Å². The van der Waals surface area contributed by atoms with E-state index < -0.39 is 11.8 Å². The first-order valence-electron chi connectivity index (χ1n) is 10.6. The van der Waals surface area contributed by atoms with Crippen LogP contribution in [0.4, 0.5) is 5.69 Å². The Morgan fingerprint density at radius 2 is 1.64 bits per heavy atom. The van der Waals surface area contributed by atoms with Crippen LogP contribution in [0.25, 0.3) is 6.08 Å². The van der Waals surface area contributed by atoms with Crippen molar-refractivity contribution in [3.05, 3.63) is 97.0 Å². The van der Waals surface area contributed by atoms with Crippen molar-refractivity contribution in [2.45, 2.75) is 0 Å². The van der Waals surface area contributed by atoms with Gasteiger partial charge < -0.3 is 15.0 Å². The zero-order chi connectivity index (χ0) is 26.2. The smallest absolute Gasteiger partial charge is 0.287 e. The molecule has 3 aromatic carbocycles. The van der Waals surface area contributed by atoms with Crippen LogP contribution in [0.2, 0.25) is 5.02 Å². The third kappa shape index (κ3) is 7.19. The zero-order valence-corrected chi connectivity index (χ0v) is 23.6. The van der Waals surface area contributed by atoms with Crippen LogP contribution in [-0.4, -0.2) is 39.2 Å². The summed E-state index contributed by atoms with van der Waals surface area (Å²) in [5.74, 6) is -0.474. The number of hydrogen-bond acceptors (Lipinski definition) is 5. The molecule has 0 unspecified atom stereocenters. The molecule has 0 saturated heterocycles. The fourth-order valence-electron chi connectivity index (χ4n) is 3.10. The lowest BCUT2D eigenvalue weighted by Gasteiger charge is -2.13. The molecule has 0 aliphatic heterocycles. The maximum atomic E-state index is 13.0. The van der Waals surface area contributed by atoms with E-state index >= 15 is 0 Å². The van der Waals surface area contributed by atoms with Gasteiger partial charge in [0.25, 0.3) is 11.8 Å². The summed E-state index contributed by atoms with van der Waals surface area (Å²) in [7, 11) is 5.44. The van der Waals surface area contributed by atoms with E-state index in [1.54, 1.807) is 49.6 Å². The lowest BCUT2D eigenvalue weighted by Crippen LogP contribution is -2.33. The number of rotatable bonds is 8. The largest absolute Gasteiger partial charge is 0.494 e. The molecule has 2 N–H and O–H groups in total. The summed E-state index contributed by atoms with van der Waals surface area (Å²) in [4.78, 5) is 27.8. The summed E-state index contributed by atoms with van der Waals surface area (Å²) in [5.41, 5.74) is 5.15. The number of nitrogens with zero attached hydrogens (tertiary/aromatic N) is 2. The molecule has 0 saturated carbocycles. The predicted molar refractivity (Wildman–Crippen MR) is 152 cm³/mol. The lowest BCUT2D eigenvalue weighted by atomic mass is 10.1. The van der Waals surface area contributed by atoms with Gasteiger partial charge in [-0.25, -0.2) is 5.43 Å². The van der Waals surface area contributed by atoms with Crippen molar-refractivity contribution in [3.8, 4) is 5.75 Å². The Bertz CT molecular complexity index is 1300. The molecule has 0 fully saturated rings. The summed E-state index contributed by atoms with van der Waals surface area (Å²) < 4.78 is 6.74. The molecule has 0 aliphatic rings. The van der Waals surface area contributed by atoms with Gasteiger partial charge in [-0.05, 0) is 85.5 Å². The molecule has 0 radical (unpaired) electrons. The molecular weight excluding hydrogens is 612 g/mol. The minimum atomic E-state index is -0.602. The molecule has 10 heteroatoms. The van der Waals surface area contributed by atoms with Crippen molar-refractivity contribution in [3.63, 3.8) is 0 Å². The van der Waals surface area contributed by atoms with E-state index in [0.717, 1.165) is 20.2 Å². The Hall–Kier alpha value is -3.14. The predicted octanol–water partition coefficient (Wildman–Crippen LogP) is 5.86. The maximum Gasteiger partial charge on any atom is 0.287 e. The Morgan fingerprint density at radius 3 is 2.22 bits per heavy atom. The molecular formula is C26H23Br2ClN4O3. The van der Waals surface area contributed by atoms with Crippen LogP contribution in [0.15, 0.2) is 80.4 Å². The number of anilines is 1. The van der Waals surface area contributed by atoms with E-state index in [2.05, 4.69) is 47.7 Å². The van der Waals surface area contributed by atoms with Crippen LogP contribution in [-0.2, 0) is 4.79 Å². The van der Waals surface area contributed by atoms with E-state index in [1.165, 1.54) is 6.21 Å². The Morgan fingerprint density at radius 1 is 1.00 bits per heavy atom. The van der Waals surface area contributed by atoms with Gasteiger partial charge in [0.2, 0.25) is 0 Å². The van der Waals surface area contributed by atoms with Gasteiger partial charge in [0.1, 0.15) is 11.4 Å². The molecule has 0 heterocycles. The van der Waals surface area contributed by atoms with Crippen LogP contribution in [0.3, 0.4) is 0 Å². The van der Waals surface area contributed by atoms with Gasteiger partial charge in [-0.3, -0.25) is 9.59 Å². The third-order valence-electron chi connectivity index (χ3n) is 4.94. The average Bonchev–Trinajstić information content (AvgIpc) is 2.84. The molecule has 7 nitrogen and oxygen atoms in total. The maximum absolute atomic E-state index is 13.0. The van der Waals surface area contributed by atoms with Crippen LogP contribution in [0.5, 0.6) is 5.75 Å². The van der Waals surface area contributed by atoms with Gasteiger partial charge in [0.15, 0.2) is 0 Å². The molecule has 0 atom stereocenters. The molecule has 36 heavy (non-hydrogen) atoms. The standard InChI is InChI=1S/C26H23Br2ClN4O3/c1-33(2)18-10-8-16(9-11-18)14-23(31-25(34)19-6-4-5-7-22(19)29)26(35)32-30-15-17-12-20(27)24(36-3)21(28)13-17/h4-15H,1-3H3,(H,31,34)(H,32,35)/b23-14-,30-15+. The molecule has 0 spiro atoms. The summed E-state index contributed by atoms with van der Waals surface area (Å²) in [6, 6.07) is 17.7. The van der Waals surface area contributed by atoms with Crippen molar-refractivity contribution in [2.24, 2.45) is 5.10 Å². The fourth-order valence-corrected chi connectivity index (χ4v) is 4.87. The highest BCUT2D eigenvalue weighted by Gasteiger charge is 2.16. The second kappa shape index (κ2) is 12.7. The quantitative estimate of drug-likeness (QED) is 0.185. The number of nitrogens with one attached hydrogen (secondary N) is 2. The lowest BCUT2D eigenvalue weighted by molar-refractivity contribution is -0.117. The monoisotopic (exact) mass is 632 g/mol. The number of ether oxygens (including phenoxy) is 1. The first kappa shape index (κ1) is 27.4. The number of halogens is 3. The van der Waals surface area contributed by atoms with Gasteiger partial charge in [0, 0.05) is 19.8 Å². The molecule has 3 rings (SSSR count). The summed E-state index contributed by atoms with van der Waals surface area (Å²) >= 11 is 13.0. The van der Waals surface area contributed by atoms with E-state index in [-0.39, 0.29) is 16.3 Å². The molecule has 3 aromatic rings. The molecule has 0 aromatic heterocycles. The highest BCUT2D eigenvalue weighted by molar-refractivity contribution is 9.11. The van der Waals surface area contributed by atoms with Gasteiger partial charge in [-0.2, -0.15) is 5.10 Å². The highest BCUT2D eigenvalue weighted by atomic mass is 79.9. The highest BCUT2D eigenvalue weighted by Crippen LogP contribution is 2.33.